The number of aryl methyl sites for hydroxylation is 1. The second-order valence-electron chi connectivity index (χ2n) is 7.97. The van der Waals surface area contributed by atoms with Gasteiger partial charge in [0.2, 0.25) is 0 Å². The zero-order valence-electron chi connectivity index (χ0n) is 18.2. The van der Waals surface area contributed by atoms with Crippen LogP contribution in [0.15, 0.2) is 60.9 Å². The molecule has 1 saturated heterocycles. The average molecular weight is 432 g/mol. The first-order valence-corrected chi connectivity index (χ1v) is 11.0. The lowest BCUT2D eigenvalue weighted by atomic mass is 10.0. The molecule has 0 radical (unpaired) electrons. The summed E-state index contributed by atoms with van der Waals surface area (Å²) in [5.74, 6) is 7.38. The molecule has 3 atom stereocenters. The molecule has 2 aromatic carbocycles. The number of benzene rings is 2. The number of imidazole rings is 1. The van der Waals surface area contributed by atoms with Gasteiger partial charge in [-0.25, -0.2) is 4.98 Å². The first-order chi connectivity index (χ1) is 15.7. The maximum absolute atomic E-state index is 9.85. The van der Waals surface area contributed by atoms with E-state index < -0.39 is 0 Å². The summed E-state index contributed by atoms with van der Waals surface area (Å²) in [5, 5.41) is 23.0. The molecular formula is C26H29N3O3. The number of aliphatic hydroxyl groups is 2. The van der Waals surface area contributed by atoms with Crippen molar-refractivity contribution >= 4 is 5.69 Å². The summed E-state index contributed by atoms with van der Waals surface area (Å²) in [4.78, 5) is 4.31. The smallest absolute Gasteiger partial charge is 0.119 e. The molecule has 2 heterocycles. The van der Waals surface area contributed by atoms with E-state index in [4.69, 9.17) is 4.74 Å². The van der Waals surface area contributed by atoms with Gasteiger partial charge in [-0.15, -0.1) is 0 Å². The third-order valence-electron chi connectivity index (χ3n) is 5.79. The van der Waals surface area contributed by atoms with E-state index in [1.165, 1.54) is 0 Å². The molecule has 6 heteroatoms. The summed E-state index contributed by atoms with van der Waals surface area (Å²) in [6.07, 6.45) is 4.01. The quantitative estimate of drug-likeness (QED) is 0.501. The molecule has 166 valence electrons. The van der Waals surface area contributed by atoms with Crippen LogP contribution in [0.1, 0.15) is 24.4 Å². The molecule has 1 fully saturated rings. The summed E-state index contributed by atoms with van der Waals surface area (Å²) in [6.45, 7) is 3.71. The zero-order valence-corrected chi connectivity index (χ0v) is 18.2. The molecule has 3 aromatic rings. The van der Waals surface area contributed by atoms with Crippen LogP contribution in [0.4, 0.5) is 5.69 Å². The summed E-state index contributed by atoms with van der Waals surface area (Å²) in [6, 6.07) is 16.1. The largest absolute Gasteiger partial charge is 0.393 e. The van der Waals surface area contributed by atoms with Crippen molar-refractivity contribution in [3.05, 3.63) is 72.3 Å². The molecule has 0 spiro atoms. The second kappa shape index (κ2) is 10.5. The lowest BCUT2D eigenvalue weighted by Crippen LogP contribution is -2.25. The standard InChI is InChI=1S/C26H29N3O3/c1-2-26-27-13-14-29(26)24(16-30)12-5-19-3-6-20(7-4-19)21-8-10-23(11-9-21)28-15-22-17-32-18-25(22)31/h3-4,6-11,13-14,22,24-25,28,30-31H,2,15-18H2,1H3. The minimum atomic E-state index is -0.385. The summed E-state index contributed by atoms with van der Waals surface area (Å²) in [7, 11) is 0. The Hall–Kier alpha value is -3.11. The fraction of sp³-hybridized carbons (Fsp3) is 0.346. The van der Waals surface area contributed by atoms with E-state index in [-0.39, 0.29) is 24.7 Å². The summed E-state index contributed by atoms with van der Waals surface area (Å²) < 4.78 is 7.22. The third kappa shape index (κ3) is 5.20. The highest BCUT2D eigenvalue weighted by Gasteiger charge is 2.25. The van der Waals surface area contributed by atoms with Gasteiger partial charge in [0.25, 0.3) is 0 Å². The van der Waals surface area contributed by atoms with Crippen molar-refractivity contribution in [3.63, 3.8) is 0 Å². The number of rotatable bonds is 7. The van der Waals surface area contributed by atoms with Crippen LogP contribution in [0.25, 0.3) is 11.1 Å². The van der Waals surface area contributed by atoms with Gasteiger partial charge in [0.05, 0.1) is 25.9 Å². The Morgan fingerprint density at radius 1 is 1.12 bits per heavy atom. The SMILES string of the molecule is CCc1nccn1C(C#Cc1ccc(-c2ccc(NCC3COCC3O)cc2)cc1)CO. The zero-order chi connectivity index (χ0) is 22.3. The van der Waals surface area contributed by atoms with E-state index in [1.807, 2.05) is 42.0 Å². The number of aliphatic hydroxyl groups excluding tert-OH is 2. The average Bonchev–Trinajstić information content (AvgIpc) is 3.47. The molecule has 3 unspecified atom stereocenters. The van der Waals surface area contributed by atoms with Gasteiger partial charge in [0.15, 0.2) is 0 Å². The molecule has 1 aliphatic heterocycles. The van der Waals surface area contributed by atoms with Gasteiger partial charge in [-0.3, -0.25) is 0 Å². The molecule has 1 aromatic heterocycles. The van der Waals surface area contributed by atoms with Crippen molar-refractivity contribution in [2.75, 3.05) is 31.7 Å². The van der Waals surface area contributed by atoms with Crippen LogP contribution in [0.3, 0.4) is 0 Å². The Morgan fingerprint density at radius 3 is 2.47 bits per heavy atom. The molecule has 0 amide bonds. The number of anilines is 1. The Bertz CT molecular complexity index is 1060. The van der Waals surface area contributed by atoms with Crippen LogP contribution in [0.2, 0.25) is 0 Å². The molecule has 3 N–H and O–H groups in total. The van der Waals surface area contributed by atoms with Crippen molar-refractivity contribution < 1.29 is 14.9 Å². The topological polar surface area (TPSA) is 79.5 Å². The number of nitrogens with one attached hydrogen (secondary N) is 1. The monoisotopic (exact) mass is 431 g/mol. The number of ether oxygens (including phenoxy) is 1. The second-order valence-corrected chi connectivity index (χ2v) is 7.97. The molecule has 0 bridgehead atoms. The maximum atomic E-state index is 9.85. The number of nitrogens with zero attached hydrogens (tertiary/aromatic N) is 2. The van der Waals surface area contributed by atoms with Crippen LogP contribution in [-0.2, 0) is 11.2 Å². The number of hydrogen-bond donors (Lipinski definition) is 3. The Balaban J connectivity index is 1.39. The lowest BCUT2D eigenvalue weighted by Gasteiger charge is -2.14. The van der Waals surface area contributed by atoms with Crippen molar-refractivity contribution in [2.45, 2.75) is 25.5 Å². The molecule has 0 aliphatic carbocycles. The van der Waals surface area contributed by atoms with Crippen molar-refractivity contribution in [2.24, 2.45) is 5.92 Å². The van der Waals surface area contributed by atoms with Gasteiger partial charge in [-0.05, 0) is 35.4 Å². The minimum Gasteiger partial charge on any atom is -0.393 e. The van der Waals surface area contributed by atoms with Gasteiger partial charge in [-0.2, -0.15) is 0 Å². The molecule has 1 aliphatic rings. The van der Waals surface area contributed by atoms with Crippen LogP contribution in [0.5, 0.6) is 0 Å². The molecule has 4 rings (SSSR count). The van der Waals surface area contributed by atoms with Crippen LogP contribution in [0, 0.1) is 17.8 Å². The van der Waals surface area contributed by atoms with E-state index in [9.17, 15) is 10.2 Å². The summed E-state index contributed by atoms with van der Waals surface area (Å²) in [5.41, 5.74) is 4.17. The Kier molecular flexibility index (Phi) is 7.23. The van der Waals surface area contributed by atoms with Gasteiger partial charge in [0, 0.05) is 42.5 Å². The van der Waals surface area contributed by atoms with E-state index in [2.05, 4.69) is 46.4 Å². The first kappa shape index (κ1) is 22.1. The lowest BCUT2D eigenvalue weighted by molar-refractivity contribution is 0.120. The van der Waals surface area contributed by atoms with Crippen LogP contribution < -0.4 is 5.32 Å². The van der Waals surface area contributed by atoms with E-state index >= 15 is 0 Å². The minimum absolute atomic E-state index is 0.0540. The fourth-order valence-electron chi connectivity index (χ4n) is 3.83. The van der Waals surface area contributed by atoms with E-state index in [1.54, 1.807) is 6.20 Å². The predicted octanol–water partition coefficient (Wildman–Crippen LogP) is 3.12. The molecule has 6 nitrogen and oxygen atoms in total. The van der Waals surface area contributed by atoms with Crippen molar-refractivity contribution in [1.29, 1.82) is 0 Å². The van der Waals surface area contributed by atoms with Gasteiger partial charge < -0.3 is 24.8 Å². The highest BCUT2D eigenvalue weighted by molar-refractivity contribution is 5.66. The van der Waals surface area contributed by atoms with Gasteiger partial charge in [0.1, 0.15) is 11.9 Å². The molecule has 0 saturated carbocycles. The summed E-state index contributed by atoms with van der Waals surface area (Å²) >= 11 is 0. The molecular weight excluding hydrogens is 402 g/mol. The number of aromatic nitrogens is 2. The third-order valence-corrected chi connectivity index (χ3v) is 5.79. The predicted molar refractivity (Wildman–Crippen MR) is 125 cm³/mol. The molecule has 32 heavy (non-hydrogen) atoms. The van der Waals surface area contributed by atoms with Crippen molar-refractivity contribution in [1.82, 2.24) is 9.55 Å². The highest BCUT2D eigenvalue weighted by Crippen LogP contribution is 2.23. The fourth-order valence-corrected chi connectivity index (χ4v) is 3.83. The normalized spacial score (nSPS) is 18.7. The first-order valence-electron chi connectivity index (χ1n) is 11.0. The van der Waals surface area contributed by atoms with E-state index in [0.29, 0.717) is 19.8 Å². The van der Waals surface area contributed by atoms with Gasteiger partial charge >= 0.3 is 0 Å². The highest BCUT2D eigenvalue weighted by atomic mass is 16.5. The van der Waals surface area contributed by atoms with Crippen LogP contribution in [-0.4, -0.2) is 52.2 Å². The Labute approximate surface area is 188 Å². The van der Waals surface area contributed by atoms with Crippen molar-refractivity contribution in [3.8, 4) is 23.0 Å². The van der Waals surface area contributed by atoms with E-state index in [0.717, 1.165) is 34.6 Å². The van der Waals surface area contributed by atoms with Crippen LogP contribution >= 0.6 is 0 Å². The number of hydrogen-bond acceptors (Lipinski definition) is 5. The Morgan fingerprint density at radius 2 is 1.84 bits per heavy atom. The maximum Gasteiger partial charge on any atom is 0.119 e. The van der Waals surface area contributed by atoms with Gasteiger partial charge in [-0.1, -0.05) is 43.0 Å².